The molecule has 0 rings (SSSR count). The number of nitrogens with zero attached hydrogens (tertiary/aromatic N) is 1. The zero-order chi connectivity index (χ0) is 32.4. The van der Waals surface area contributed by atoms with Crippen molar-refractivity contribution >= 4 is 12.1 Å². The number of quaternary nitrogens is 1. The second kappa shape index (κ2) is 33.3. The summed E-state index contributed by atoms with van der Waals surface area (Å²) in [6.45, 7) is 5.89. The molecule has 0 heterocycles. The van der Waals surface area contributed by atoms with Crippen molar-refractivity contribution in [1.82, 2.24) is 0 Å². The number of carboxylic acid groups (broad SMARTS) is 2. The Hall–Kier alpha value is -1.10. The van der Waals surface area contributed by atoms with Gasteiger partial charge in [0.15, 0.2) is 0 Å². The van der Waals surface area contributed by atoms with Crippen LogP contribution in [0, 0.1) is 0 Å². The van der Waals surface area contributed by atoms with Gasteiger partial charge < -0.3 is 10.2 Å². The van der Waals surface area contributed by atoms with Gasteiger partial charge in [0.1, 0.15) is 0 Å². The Labute approximate surface area is 274 Å². The average molecular weight is 625 g/mol. The summed E-state index contributed by atoms with van der Waals surface area (Å²) in [5.41, 5.74) is 0. The molecule has 0 aliphatic rings. The molecule has 5 nitrogen and oxygen atoms in total. The van der Waals surface area contributed by atoms with Crippen molar-refractivity contribution in [2.45, 2.75) is 219 Å². The van der Waals surface area contributed by atoms with E-state index in [0.717, 1.165) is 38.5 Å². The van der Waals surface area contributed by atoms with Gasteiger partial charge in [-0.1, -0.05) is 187 Å². The lowest BCUT2D eigenvalue weighted by Crippen LogP contribution is -2.54. The highest BCUT2D eigenvalue weighted by Crippen LogP contribution is 2.19. The maximum absolute atomic E-state index is 12.4. The highest BCUT2D eigenvalue weighted by molar-refractivity contribution is 5.67. The fourth-order valence-electron chi connectivity index (χ4n) is 6.68. The van der Waals surface area contributed by atoms with E-state index in [1.165, 1.54) is 161 Å². The van der Waals surface area contributed by atoms with Crippen molar-refractivity contribution in [3.05, 3.63) is 0 Å². The predicted octanol–water partition coefficient (Wildman–Crippen LogP) is 13.1. The van der Waals surface area contributed by atoms with Gasteiger partial charge in [-0.15, -0.1) is 0 Å². The van der Waals surface area contributed by atoms with Crippen LogP contribution in [0.4, 0.5) is 4.79 Å². The zero-order valence-corrected chi connectivity index (χ0v) is 29.9. The molecule has 1 atom stereocenters. The molecule has 0 bridgehead atoms. The lowest BCUT2D eigenvalue weighted by atomic mass is 10.0. The van der Waals surface area contributed by atoms with E-state index in [9.17, 15) is 19.8 Å². The first-order valence-corrected chi connectivity index (χ1v) is 19.8. The van der Waals surface area contributed by atoms with Crippen LogP contribution in [0.5, 0.6) is 0 Å². The van der Waals surface area contributed by atoms with E-state index in [1.807, 2.05) is 0 Å². The Morgan fingerprint density at radius 3 is 0.795 bits per heavy atom. The third-order valence-electron chi connectivity index (χ3n) is 9.79. The van der Waals surface area contributed by atoms with Crippen molar-refractivity contribution in [3.8, 4) is 0 Å². The number of rotatable bonds is 36. The number of hydrogen-bond donors (Lipinski definition) is 2. The summed E-state index contributed by atoms with van der Waals surface area (Å²) in [4.78, 5) is 23.7. The Bertz CT molecular complexity index is 625. The first-order chi connectivity index (χ1) is 21.5. The van der Waals surface area contributed by atoms with Crippen LogP contribution in [0.15, 0.2) is 0 Å². The van der Waals surface area contributed by atoms with Gasteiger partial charge in [0.05, 0.1) is 26.1 Å². The van der Waals surface area contributed by atoms with Gasteiger partial charge in [-0.05, 0) is 25.7 Å². The Morgan fingerprint density at radius 1 is 0.364 bits per heavy atom. The molecule has 0 aliphatic carbocycles. The van der Waals surface area contributed by atoms with E-state index in [-0.39, 0.29) is 17.4 Å². The van der Waals surface area contributed by atoms with Crippen LogP contribution >= 0.6 is 0 Å². The van der Waals surface area contributed by atoms with Crippen molar-refractivity contribution in [3.63, 3.8) is 0 Å². The number of carboxylic acids is 1. The second-order valence-corrected chi connectivity index (χ2v) is 14.0. The molecule has 262 valence electrons. The molecule has 44 heavy (non-hydrogen) atoms. The Balaban J connectivity index is 3.97. The van der Waals surface area contributed by atoms with Crippen LogP contribution in [-0.2, 0) is 4.79 Å². The first kappa shape index (κ1) is 42.9. The summed E-state index contributed by atoms with van der Waals surface area (Å²) in [5, 5.41) is 19.4. The molecule has 0 aliphatic heterocycles. The quantitative estimate of drug-likeness (QED) is 0.0537. The van der Waals surface area contributed by atoms with Gasteiger partial charge in [0, 0.05) is 0 Å². The van der Waals surface area contributed by atoms with Crippen LogP contribution in [0.2, 0.25) is 0 Å². The summed E-state index contributed by atoms with van der Waals surface area (Å²) in [5.74, 6) is -0.891. The summed E-state index contributed by atoms with van der Waals surface area (Å²) >= 11 is 0. The summed E-state index contributed by atoms with van der Waals surface area (Å²) < 4.78 is -0.0661. The molecule has 0 fully saturated rings. The molecule has 5 heteroatoms. The number of unbranched alkanes of at least 4 members (excludes halogenated alkanes) is 29. The minimum atomic E-state index is -0.891. The van der Waals surface area contributed by atoms with Crippen molar-refractivity contribution < 1.29 is 24.3 Å². The molecule has 0 spiro atoms. The van der Waals surface area contributed by atoms with E-state index in [2.05, 4.69) is 13.8 Å². The van der Waals surface area contributed by atoms with E-state index in [1.54, 1.807) is 0 Å². The van der Waals surface area contributed by atoms with Crippen LogP contribution < -0.4 is 0 Å². The Morgan fingerprint density at radius 2 is 0.591 bits per heavy atom. The second-order valence-electron chi connectivity index (χ2n) is 14.0. The van der Waals surface area contributed by atoms with E-state index < -0.39 is 12.1 Å². The molecule has 1 unspecified atom stereocenters. The Kier molecular flexibility index (Phi) is 32.4. The van der Waals surface area contributed by atoms with E-state index >= 15 is 0 Å². The number of aliphatic carboxylic acids is 1. The molecule has 2 N–H and O–H groups in total. The fourth-order valence-corrected chi connectivity index (χ4v) is 6.68. The molecular weight excluding hydrogens is 546 g/mol. The number of amides is 1. The zero-order valence-electron chi connectivity index (χ0n) is 29.9. The lowest BCUT2D eigenvalue weighted by molar-refractivity contribution is -0.857. The van der Waals surface area contributed by atoms with Crippen LogP contribution in [0.1, 0.15) is 219 Å². The SMILES string of the molecule is CCCCCCCCCCCCCCCCCC[N+](CCCCCCCCCCCCCCCCC)(CCC(=O)O)C(=O)O. The van der Waals surface area contributed by atoms with Crippen LogP contribution in [-0.4, -0.2) is 46.4 Å². The highest BCUT2D eigenvalue weighted by atomic mass is 16.4. The highest BCUT2D eigenvalue weighted by Gasteiger charge is 2.36. The van der Waals surface area contributed by atoms with Crippen LogP contribution in [0.3, 0.4) is 0 Å². The first-order valence-electron chi connectivity index (χ1n) is 19.8. The minimum Gasteiger partial charge on any atom is -0.481 e. The standard InChI is InChI=1S/C39H77NO4/c1-3-5-7-9-11-13-15-17-19-21-23-25-27-29-31-33-36-40(39(43)44,37-34-38(41)42)35-32-30-28-26-24-22-20-18-16-14-12-10-8-6-4-2/h3-37H2,1-2H3,(H-,41,42,43,44)/p+1. The normalized spacial score (nSPS) is 12.9. The van der Waals surface area contributed by atoms with E-state index in [0.29, 0.717) is 13.1 Å². The monoisotopic (exact) mass is 625 g/mol. The van der Waals surface area contributed by atoms with Crippen LogP contribution in [0.25, 0.3) is 0 Å². The smallest absolute Gasteiger partial charge is 0.481 e. The molecule has 0 saturated carbocycles. The summed E-state index contributed by atoms with van der Waals surface area (Å²) in [6.07, 6.45) is 39.3. The third kappa shape index (κ3) is 28.4. The molecule has 0 aromatic rings. The predicted molar refractivity (Wildman–Crippen MR) is 190 cm³/mol. The van der Waals surface area contributed by atoms with Crippen molar-refractivity contribution in [2.75, 3.05) is 19.6 Å². The molecular formula is C39H78NO4+. The van der Waals surface area contributed by atoms with Gasteiger partial charge in [-0.2, -0.15) is 4.79 Å². The lowest BCUT2D eigenvalue weighted by Gasteiger charge is -2.32. The van der Waals surface area contributed by atoms with Gasteiger partial charge in [-0.3, -0.25) is 4.79 Å². The van der Waals surface area contributed by atoms with Gasteiger partial charge >= 0.3 is 12.1 Å². The molecule has 0 aromatic heterocycles. The fraction of sp³-hybridized carbons (Fsp3) is 0.949. The molecule has 0 aromatic carbocycles. The van der Waals surface area contributed by atoms with Gasteiger partial charge in [-0.25, -0.2) is 4.48 Å². The van der Waals surface area contributed by atoms with Gasteiger partial charge in [0.2, 0.25) is 0 Å². The average Bonchev–Trinajstić information content (AvgIpc) is 3.00. The van der Waals surface area contributed by atoms with Crippen molar-refractivity contribution in [2.24, 2.45) is 0 Å². The summed E-state index contributed by atoms with van der Waals surface area (Å²) in [7, 11) is 0. The summed E-state index contributed by atoms with van der Waals surface area (Å²) in [6, 6.07) is 0. The molecule has 0 saturated heterocycles. The van der Waals surface area contributed by atoms with E-state index in [4.69, 9.17) is 0 Å². The van der Waals surface area contributed by atoms with Crippen molar-refractivity contribution in [1.29, 1.82) is 0 Å². The number of carbonyl (C=O) groups is 2. The minimum absolute atomic E-state index is 0.0656. The number of hydrogen-bond acceptors (Lipinski definition) is 2. The third-order valence-corrected chi connectivity index (χ3v) is 9.79. The molecule has 1 amide bonds. The topological polar surface area (TPSA) is 74.6 Å². The molecule has 0 radical (unpaired) electrons. The van der Waals surface area contributed by atoms with Gasteiger partial charge in [0.25, 0.3) is 0 Å². The maximum atomic E-state index is 12.4. The largest absolute Gasteiger partial charge is 0.513 e. The maximum Gasteiger partial charge on any atom is 0.513 e.